The summed E-state index contributed by atoms with van der Waals surface area (Å²) in [4.78, 5) is 35.8. The molecule has 4 aliphatic heterocycles. The molecule has 0 radical (unpaired) electrons. The number of carbonyl (C=O) groups is 3. The second-order valence-corrected chi connectivity index (χ2v) is 11.2. The zero-order chi connectivity index (χ0) is 23.1. The average Bonchev–Trinajstić information content (AvgIpc) is 3.65. The summed E-state index contributed by atoms with van der Waals surface area (Å²) in [5.41, 5.74) is -0.635. The van der Waals surface area contributed by atoms with Crippen LogP contribution in [0.1, 0.15) is 52.9 Å². The monoisotopic (exact) mass is 482 g/mol. The van der Waals surface area contributed by atoms with E-state index in [-0.39, 0.29) is 77.5 Å². The standard InChI is InChI=1S/C24H28O9.Na/c1-10(2)22-17(32-22)18-24(33-18)21(3)7-6-11-12(9-29-19(11)28)13(21)8-14-23(24,31-14)20(22)30-16(27)5-4-15(25)26;/h10,13-14,17-18,20H,4-9H2,1-3H3,(H,25,26);/q;+1/p-1/t13?,14?,17?,18?,20?,21-,22-,23+,24+;/m0./s1. The molecule has 0 aromatic rings. The molecule has 0 aromatic heterocycles. The number of esters is 2. The predicted molar refractivity (Wildman–Crippen MR) is 105 cm³/mol. The second kappa shape index (κ2) is 6.86. The maximum Gasteiger partial charge on any atom is 1.00 e. The minimum atomic E-state index is -1.29. The molecule has 9 atom stereocenters. The largest absolute Gasteiger partial charge is 1.00 e. The fourth-order valence-electron chi connectivity index (χ4n) is 8.24. The Morgan fingerprint density at radius 2 is 1.94 bits per heavy atom. The number of carbonyl (C=O) groups excluding carboxylic acids is 3. The van der Waals surface area contributed by atoms with Gasteiger partial charge < -0.3 is 33.6 Å². The van der Waals surface area contributed by atoms with Crippen molar-refractivity contribution in [3.05, 3.63) is 11.1 Å². The van der Waals surface area contributed by atoms with Crippen LogP contribution in [0.3, 0.4) is 0 Å². The van der Waals surface area contributed by atoms with Crippen molar-refractivity contribution >= 4 is 17.9 Å². The first kappa shape index (κ1) is 23.4. The molecular weight excluding hydrogens is 455 g/mol. The first-order valence-electron chi connectivity index (χ1n) is 12.0. The van der Waals surface area contributed by atoms with E-state index in [0.717, 1.165) is 17.6 Å². The number of hydrogen-bond donors (Lipinski definition) is 0. The van der Waals surface area contributed by atoms with Crippen molar-refractivity contribution in [3.63, 3.8) is 0 Å². The second-order valence-electron chi connectivity index (χ2n) is 11.2. The van der Waals surface area contributed by atoms with Gasteiger partial charge in [-0.15, -0.1) is 0 Å². The number of ether oxygens (including phenoxy) is 5. The molecule has 4 heterocycles. The van der Waals surface area contributed by atoms with Gasteiger partial charge >= 0.3 is 41.5 Å². The molecule has 0 amide bonds. The summed E-state index contributed by atoms with van der Waals surface area (Å²) in [5, 5.41) is 10.9. The molecule has 7 aliphatic rings. The van der Waals surface area contributed by atoms with Gasteiger partial charge in [0.05, 0.1) is 12.5 Å². The normalized spacial score (nSPS) is 50.4. The van der Waals surface area contributed by atoms with Crippen LogP contribution in [-0.4, -0.2) is 65.7 Å². The Bertz CT molecular complexity index is 1060. The number of hydrogen-bond acceptors (Lipinski definition) is 9. The predicted octanol–water partition coefficient (Wildman–Crippen LogP) is -2.81. The van der Waals surface area contributed by atoms with Gasteiger partial charge in [-0.3, -0.25) is 4.79 Å². The van der Waals surface area contributed by atoms with Gasteiger partial charge in [0.2, 0.25) is 0 Å². The molecule has 5 unspecified atom stereocenters. The van der Waals surface area contributed by atoms with E-state index >= 15 is 0 Å². The molecule has 3 saturated heterocycles. The first-order chi connectivity index (χ1) is 15.6. The Balaban J connectivity index is 0.00000217. The zero-order valence-electron chi connectivity index (χ0n) is 19.9. The maximum absolute atomic E-state index is 12.7. The summed E-state index contributed by atoms with van der Waals surface area (Å²) < 4.78 is 30.9. The summed E-state index contributed by atoms with van der Waals surface area (Å²) >= 11 is 0. The molecular formula is C24H27NaO9. The van der Waals surface area contributed by atoms with Gasteiger partial charge in [0.1, 0.15) is 30.0 Å². The Morgan fingerprint density at radius 3 is 2.65 bits per heavy atom. The number of epoxide rings is 3. The third-order valence-corrected chi connectivity index (χ3v) is 9.85. The molecule has 5 fully saturated rings. The molecule has 3 aliphatic carbocycles. The van der Waals surface area contributed by atoms with Gasteiger partial charge in [-0.25, -0.2) is 4.79 Å². The zero-order valence-corrected chi connectivity index (χ0v) is 21.9. The minimum absolute atomic E-state index is 0. The Hall–Kier alpha value is -0.970. The van der Waals surface area contributed by atoms with Gasteiger partial charge in [-0.05, 0) is 43.1 Å². The van der Waals surface area contributed by atoms with Crippen molar-refractivity contribution in [1.82, 2.24) is 0 Å². The van der Waals surface area contributed by atoms with Crippen LogP contribution in [0.4, 0.5) is 0 Å². The molecule has 34 heavy (non-hydrogen) atoms. The summed E-state index contributed by atoms with van der Waals surface area (Å²) in [6, 6.07) is 0. The molecule has 2 spiro atoms. The number of carboxylic acid groups (broad SMARTS) is 1. The van der Waals surface area contributed by atoms with Crippen LogP contribution in [0.5, 0.6) is 0 Å². The van der Waals surface area contributed by atoms with Crippen LogP contribution in [0.15, 0.2) is 11.1 Å². The summed E-state index contributed by atoms with van der Waals surface area (Å²) in [6.45, 7) is 6.62. The molecule has 9 nitrogen and oxygen atoms in total. The molecule has 0 bridgehead atoms. The molecule has 10 heteroatoms. The fourth-order valence-corrected chi connectivity index (χ4v) is 8.24. The summed E-state index contributed by atoms with van der Waals surface area (Å²) in [7, 11) is 0. The van der Waals surface area contributed by atoms with E-state index in [1.165, 1.54) is 0 Å². The van der Waals surface area contributed by atoms with E-state index in [1.54, 1.807) is 0 Å². The Labute approximate surface area is 219 Å². The molecule has 7 rings (SSSR count). The third-order valence-electron chi connectivity index (χ3n) is 9.85. The quantitative estimate of drug-likeness (QED) is 0.232. The van der Waals surface area contributed by atoms with Gasteiger partial charge in [0, 0.05) is 17.0 Å². The number of aliphatic carboxylic acids is 1. The molecule has 0 aromatic carbocycles. The van der Waals surface area contributed by atoms with Crippen LogP contribution in [0.25, 0.3) is 0 Å². The molecule has 2 saturated carbocycles. The fraction of sp³-hybridized carbons (Fsp3) is 0.792. The van der Waals surface area contributed by atoms with Crippen molar-refractivity contribution < 1.29 is 72.7 Å². The van der Waals surface area contributed by atoms with Crippen LogP contribution in [0, 0.1) is 17.3 Å². The van der Waals surface area contributed by atoms with Gasteiger partial charge in [-0.1, -0.05) is 20.8 Å². The van der Waals surface area contributed by atoms with Crippen LogP contribution < -0.4 is 34.7 Å². The van der Waals surface area contributed by atoms with Crippen molar-refractivity contribution in [2.24, 2.45) is 17.3 Å². The van der Waals surface area contributed by atoms with Crippen molar-refractivity contribution in [3.8, 4) is 0 Å². The average molecular weight is 482 g/mol. The van der Waals surface area contributed by atoms with E-state index < -0.39 is 41.3 Å². The molecule has 178 valence electrons. The third kappa shape index (κ3) is 2.40. The maximum atomic E-state index is 12.7. The number of carboxylic acids is 1. The van der Waals surface area contributed by atoms with E-state index in [9.17, 15) is 19.5 Å². The topological polar surface area (TPSA) is 130 Å². The van der Waals surface area contributed by atoms with Crippen molar-refractivity contribution in [1.29, 1.82) is 0 Å². The molecule has 0 N–H and O–H groups in total. The van der Waals surface area contributed by atoms with Gasteiger partial charge in [-0.2, -0.15) is 0 Å². The van der Waals surface area contributed by atoms with E-state index in [0.29, 0.717) is 19.4 Å². The minimum Gasteiger partial charge on any atom is -0.550 e. The summed E-state index contributed by atoms with van der Waals surface area (Å²) in [6.07, 6.45) is 0.210. The first-order valence-corrected chi connectivity index (χ1v) is 12.0. The van der Waals surface area contributed by atoms with Crippen molar-refractivity contribution in [2.75, 3.05) is 6.61 Å². The van der Waals surface area contributed by atoms with Crippen LogP contribution in [-0.2, 0) is 38.1 Å². The SMILES string of the molecule is CC(C)[C@]12OC1C1O[C@]13[C@]1(OC1CC1C4=C(CC[C@@]13C)C(=O)OC4)C2OC(=O)CCC(=O)[O-].[Na+]. The number of fused-ring (bicyclic) bond motifs is 4. The van der Waals surface area contributed by atoms with Crippen LogP contribution >= 0.6 is 0 Å². The van der Waals surface area contributed by atoms with E-state index in [4.69, 9.17) is 23.7 Å². The summed E-state index contributed by atoms with van der Waals surface area (Å²) in [5.74, 6) is -1.94. The number of rotatable bonds is 5. The van der Waals surface area contributed by atoms with E-state index in [2.05, 4.69) is 6.92 Å². The van der Waals surface area contributed by atoms with E-state index in [1.807, 2.05) is 13.8 Å². The Morgan fingerprint density at radius 1 is 1.18 bits per heavy atom. The van der Waals surface area contributed by atoms with Crippen LogP contribution in [0.2, 0.25) is 0 Å². The smallest absolute Gasteiger partial charge is 0.550 e. The number of cyclic esters (lactones) is 1. The van der Waals surface area contributed by atoms with Crippen molar-refractivity contribution in [2.45, 2.75) is 94.1 Å². The van der Waals surface area contributed by atoms with Gasteiger partial charge in [0.25, 0.3) is 0 Å². The Kier molecular flexibility index (Phi) is 4.73. The van der Waals surface area contributed by atoms with Gasteiger partial charge in [0.15, 0.2) is 11.7 Å².